The van der Waals surface area contributed by atoms with Crippen molar-refractivity contribution in [2.45, 2.75) is 12.6 Å². The van der Waals surface area contributed by atoms with Gasteiger partial charge in [0.25, 0.3) is 0 Å². The molecule has 0 unspecified atom stereocenters. The average molecular weight is 274 g/mol. The zero-order valence-corrected chi connectivity index (χ0v) is 10.00. The Morgan fingerprint density at radius 3 is 2.74 bits per heavy atom. The van der Waals surface area contributed by atoms with Crippen molar-refractivity contribution in [3.63, 3.8) is 0 Å². The highest BCUT2D eigenvalue weighted by Gasteiger charge is 2.32. The maximum absolute atomic E-state index is 12.7. The second kappa shape index (κ2) is 4.94. The summed E-state index contributed by atoms with van der Waals surface area (Å²) in [5, 5.41) is 2.64. The van der Waals surface area contributed by atoms with Crippen molar-refractivity contribution >= 4 is 17.5 Å². The van der Waals surface area contributed by atoms with Gasteiger partial charge >= 0.3 is 6.18 Å². The molecular formula is C11H13F3N4O. The van der Waals surface area contributed by atoms with Crippen LogP contribution in [0.25, 0.3) is 0 Å². The molecule has 1 saturated heterocycles. The van der Waals surface area contributed by atoms with Gasteiger partial charge < -0.3 is 16.0 Å². The van der Waals surface area contributed by atoms with E-state index >= 15 is 0 Å². The molecule has 3 N–H and O–H groups in total. The summed E-state index contributed by atoms with van der Waals surface area (Å²) < 4.78 is 38.1. The van der Waals surface area contributed by atoms with E-state index in [2.05, 4.69) is 10.3 Å². The lowest BCUT2D eigenvalue weighted by atomic mass is 10.2. The Balaban J connectivity index is 2.29. The molecule has 104 valence electrons. The van der Waals surface area contributed by atoms with Gasteiger partial charge in [-0.2, -0.15) is 13.2 Å². The van der Waals surface area contributed by atoms with E-state index in [0.29, 0.717) is 19.6 Å². The van der Waals surface area contributed by atoms with Gasteiger partial charge in [0.05, 0.1) is 5.56 Å². The Morgan fingerprint density at radius 2 is 2.05 bits per heavy atom. The van der Waals surface area contributed by atoms with E-state index in [9.17, 15) is 18.0 Å². The standard InChI is InChI=1S/C11H13F3N4O/c12-11(13,14)7-5-8(15)17-9(6-7)18-3-1-10(19)16-2-4-18/h5-6H,1-4H2,(H2,15,17)(H,16,19). The van der Waals surface area contributed by atoms with Crippen molar-refractivity contribution in [1.29, 1.82) is 0 Å². The van der Waals surface area contributed by atoms with E-state index in [1.54, 1.807) is 4.90 Å². The smallest absolute Gasteiger partial charge is 0.384 e. The lowest BCUT2D eigenvalue weighted by Crippen LogP contribution is -2.29. The fourth-order valence-corrected chi connectivity index (χ4v) is 1.86. The number of carbonyl (C=O) groups excluding carboxylic acids is 1. The summed E-state index contributed by atoms with van der Waals surface area (Å²) in [5.74, 6) is -0.167. The highest BCUT2D eigenvalue weighted by atomic mass is 19.4. The van der Waals surface area contributed by atoms with Crippen molar-refractivity contribution < 1.29 is 18.0 Å². The number of aromatic nitrogens is 1. The van der Waals surface area contributed by atoms with Gasteiger partial charge in [-0.05, 0) is 12.1 Å². The molecule has 0 radical (unpaired) electrons. The lowest BCUT2D eigenvalue weighted by Gasteiger charge is -2.22. The fourth-order valence-electron chi connectivity index (χ4n) is 1.86. The number of carbonyl (C=O) groups is 1. The lowest BCUT2D eigenvalue weighted by molar-refractivity contribution is -0.137. The molecule has 0 atom stereocenters. The summed E-state index contributed by atoms with van der Waals surface area (Å²) in [5.41, 5.74) is 4.57. The zero-order valence-electron chi connectivity index (χ0n) is 10.00. The first-order valence-corrected chi connectivity index (χ1v) is 5.72. The summed E-state index contributed by atoms with van der Waals surface area (Å²) in [6.07, 6.45) is -4.25. The molecule has 1 aromatic rings. The first kappa shape index (κ1) is 13.4. The Hall–Kier alpha value is -1.99. The van der Waals surface area contributed by atoms with Crippen LogP contribution >= 0.6 is 0 Å². The van der Waals surface area contributed by atoms with E-state index in [1.165, 1.54) is 0 Å². The maximum Gasteiger partial charge on any atom is 0.416 e. The van der Waals surface area contributed by atoms with Gasteiger partial charge in [0.15, 0.2) is 0 Å². The van der Waals surface area contributed by atoms with Gasteiger partial charge in [-0.1, -0.05) is 0 Å². The van der Waals surface area contributed by atoms with Crippen LogP contribution in [0.4, 0.5) is 24.8 Å². The average Bonchev–Trinajstić information content (AvgIpc) is 2.52. The minimum atomic E-state index is -4.47. The maximum atomic E-state index is 12.7. The van der Waals surface area contributed by atoms with E-state index in [4.69, 9.17) is 5.73 Å². The summed E-state index contributed by atoms with van der Waals surface area (Å²) >= 11 is 0. The first-order valence-electron chi connectivity index (χ1n) is 5.72. The Labute approximate surface area is 107 Å². The van der Waals surface area contributed by atoms with Crippen LogP contribution in [-0.2, 0) is 11.0 Å². The Morgan fingerprint density at radius 1 is 1.32 bits per heavy atom. The number of alkyl halides is 3. The molecule has 0 spiro atoms. The van der Waals surface area contributed by atoms with Gasteiger partial charge in [-0.3, -0.25) is 4.79 Å². The van der Waals surface area contributed by atoms with E-state index in [-0.39, 0.29) is 24.0 Å². The van der Waals surface area contributed by atoms with Crippen LogP contribution in [0.2, 0.25) is 0 Å². The SMILES string of the molecule is Nc1cc(C(F)(F)F)cc(N2CCNC(=O)CC2)n1. The second-order valence-electron chi connectivity index (χ2n) is 4.22. The molecule has 2 rings (SSSR count). The van der Waals surface area contributed by atoms with Crippen LogP contribution in [0.1, 0.15) is 12.0 Å². The van der Waals surface area contributed by atoms with Crippen molar-refractivity contribution in [2.75, 3.05) is 30.3 Å². The van der Waals surface area contributed by atoms with E-state index in [1.807, 2.05) is 0 Å². The van der Waals surface area contributed by atoms with Crippen molar-refractivity contribution in [1.82, 2.24) is 10.3 Å². The molecule has 0 aromatic carbocycles. The van der Waals surface area contributed by atoms with Gasteiger partial charge in [0.1, 0.15) is 11.6 Å². The van der Waals surface area contributed by atoms with Crippen LogP contribution in [0, 0.1) is 0 Å². The summed E-state index contributed by atoms with van der Waals surface area (Å²) in [7, 11) is 0. The van der Waals surface area contributed by atoms with Crippen LogP contribution in [0.5, 0.6) is 0 Å². The van der Waals surface area contributed by atoms with Crippen molar-refractivity contribution in [2.24, 2.45) is 0 Å². The molecule has 8 heteroatoms. The monoisotopic (exact) mass is 274 g/mol. The number of hydrogen-bond acceptors (Lipinski definition) is 4. The Bertz CT molecular complexity index is 489. The predicted molar refractivity (Wildman–Crippen MR) is 63.5 cm³/mol. The highest BCUT2D eigenvalue weighted by molar-refractivity contribution is 5.77. The molecule has 1 aliphatic heterocycles. The highest BCUT2D eigenvalue weighted by Crippen LogP contribution is 2.32. The Kier molecular flexibility index (Phi) is 3.50. The number of anilines is 2. The number of nitrogen functional groups attached to an aromatic ring is 1. The number of nitrogens with two attached hydrogens (primary N) is 1. The van der Waals surface area contributed by atoms with Crippen LogP contribution in [-0.4, -0.2) is 30.5 Å². The van der Waals surface area contributed by atoms with Gasteiger partial charge in [-0.15, -0.1) is 0 Å². The molecule has 2 heterocycles. The predicted octanol–water partition coefficient (Wildman–Crippen LogP) is 1.01. The number of halogens is 3. The van der Waals surface area contributed by atoms with E-state index in [0.717, 1.165) is 12.1 Å². The molecule has 1 aliphatic rings. The summed E-state index contributed by atoms with van der Waals surface area (Å²) in [6.45, 7) is 1.09. The number of rotatable bonds is 1. The van der Waals surface area contributed by atoms with Crippen molar-refractivity contribution in [3.05, 3.63) is 17.7 Å². The largest absolute Gasteiger partial charge is 0.416 e. The zero-order chi connectivity index (χ0) is 14.0. The fraction of sp³-hybridized carbons (Fsp3) is 0.455. The van der Waals surface area contributed by atoms with Crippen LogP contribution < -0.4 is 16.0 Å². The molecule has 5 nitrogen and oxygen atoms in total. The summed E-state index contributed by atoms with van der Waals surface area (Å²) in [6, 6.07) is 1.75. The number of amides is 1. The minimum absolute atomic E-state index is 0.123. The van der Waals surface area contributed by atoms with E-state index < -0.39 is 11.7 Å². The quantitative estimate of drug-likeness (QED) is 0.801. The molecule has 19 heavy (non-hydrogen) atoms. The van der Waals surface area contributed by atoms with Gasteiger partial charge in [0.2, 0.25) is 5.91 Å². The molecule has 0 bridgehead atoms. The van der Waals surface area contributed by atoms with Crippen LogP contribution in [0.15, 0.2) is 12.1 Å². The number of hydrogen-bond donors (Lipinski definition) is 2. The minimum Gasteiger partial charge on any atom is -0.384 e. The molecule has 1 amide bonds. The molecule has 1 fully saturated rings. The van der Waals surface area contributed by atoms with Gasteiger partial charge in [0, 0.05) is 26.1 Å². The first-order chi connectivity index (χ1) is 8.86. The van der Waals surface area contributed by atoms with Gasteiger partial charge in [-0.25, -0.2) is 4.98 Å². The summed E-state index contributed by atoms with van der Waals surface area (Å²) in [4.78, 5) is 16.7. The third-order valence-electron chi connectivity index (χ3n) is 2.80. The number of nitrogens with zero attached hydrogens (tertiary/aromatic N) is 2. The molecule has 0 aliphatic carbocycles. The normalized spacial score (nSPS) is 17.0. The molecule has 0 saturated carbocycles. The topological polar surface area (TPSA) is 71.2 Å². The number of pyridine rings is 1. The molecule has 1 aromatic heterocycles. The third kappa shape index (κ3) is 3.27. The number of nitrogens with one attached hydrogen (secondary N) is 1. The molecular weight excluding hydrogens is 261 g/mol. The van der Waals surface area contributed by atoms with Crippen molar-refractivity contribution in [3.8, 4) is 0 Å². The van der Waals surface area contributed by atoms with Crippen LogP contribution in [0.3, 0.4) is 0 Å². The third-order valence-corrected chi connectivity index (χ3v) is 2.80. The second-order valence-corrected chi connectivity index (χ2v) is 4.22.